The summed E-state index contributed by atoms with van der Waals surface area (Å²) in [6.45, 7) is 6.52. The van der Waals surface area contributed by atoms with Crippen LogP contribution in [-0.2, 0) is 11.3 Å². The molecule has 1 fully saturated rings. The van der Waals surface area contributed by atoms with Gasteiger partial charge in [-0.25, -0.2) is 0 Å². The average molecular weight is 666 g/mol. The molecule has 0 saturated heterocycles. The smallest absolute Gasteiger partial charge is 0.257 e. The second-order valence-electron chi connectivity index (χ2n) is 13.7. The maximum absolute atomic E-state index is 13.9. The van der Waals surface area contributed by atoms with E-state index in [1.54, 1.807) is 43.5 Å². The Morgan fingerprint density at radius 2 is 1.67 bits per heavy atom. The van der Waals surface area contributed by atoms with Crippen LogP contribution in [0.15, 0.2) is 76.4 Å². The molecule has 1 aromatic heterocycles. The molecule has 4 aromatic rings. The van der Waals surface area contributed by atoms with Crippen LogP contribution in [0.3, 0.4) is 0 Å². The molecule has 0 radical (unpaired) electrons. The number of rotatable bonds is 8. The zero-order chi connectivity index (χ0) is 34.5. The number of ether oxygens (including phenoxy) is 2. The Balaban J connectivity index is 1.23. The number of anilines is 3. The Kier molecular flexibility index (Phi) is 10.7. The summed E-state index contributed by atoms with van der Waals surface area (Å²) in [5.41, 5.74) is 3.63. The fourth-order valence-corrected chi connectivity index (χ4v) is 6.94. The summed E-state index contributed by atoms with van der Waals surface area (Å²) in [5.74, 6) is 0.366. The highest BCUT2D eigenvalue weighted by Gasteiger charge is 2.29. The zero-order valence-corrected chi connectivity index (χ0v) is 28.9. The molecular weight excluding hydrogens is 618 g/mol. The molecule has 2 aliphatic rings. The minimum absolute atomic E-state index is 0.0190. The molecule has 0 unspecified atom stereocenters. The van der Waals surface area contributed by atoms with Crippen molar-refractivity contribution >= 4 is 23.0 Å². The van der Waals surface area contributed by atoms with Crippen molar-refractivity contribution < 1.29 is 14.3 Å². The summed E-state index contributed by atoms with van der Waals surface area (Å²) in [6, 6.07) is 19.9. The van der Waals surface area contributed by atoms with Gasteiger partial charge in [0.1, 0.15) is 23.7 Å². The molecule has 0 spiro atoms. The Morgan fingerprint density at radius 1 is 0.918 bits per heavy atom. The van der Waals surface area contributed by atoms with Gasteiger partial charge in [-0.2, -0.15) is 0 Å². The SMILES string of the molecule is CO[C@H]1CN(C)C(=O)c2cc(Nc3c(NC4CCCCC4)c(=O)c3=O)ccc2OC[C@H](C)N(Cc2ccc(-c3ccccn3)cc2)C[C@@H]1C. The number of nitrogens with zero attached hydrogens (tertiary/aromatic N) is 3. The van der Waals surface area contributed by atoms with Crippen LogP contribution in [0.1, 0.15) is 61.9 Å². The van der Waals surface area contributed by atoms with Gasteiger partial charge < -0.3 is 25.0 Å². The van der Waals surface area contributed by atoms with Crippen molar-refractivity contribution in [2.45, 2.75) is 70.7 Å². The lowest BCUT2D eigenvalue weighted by Gasteiger charge is -2.36. The highest BCUT2D eigenvalue weighted by Crippen LogP contribution is 2.30. The molecular formula is C39H47N5O5. The first-order valence-electron chi connectivity index (χ1n) is 17.4. The van der Waals surface area contributed by atoms with Crippen LogP contribution < -0.4 is 26.2 Å². The molecule has 49 heavy (non-hydrogen) atoms. The second kappa shape index (κ2) is 15.3. The summed E-state index contributed by atoms with van der Waals surface area (Å²) in [5, 5.41) is 6.45. The van der Waals surface area contributed by atoms with E-state index < -0.39 is 10.9 Å². The van der Waals surface area contributed by atoms with Crippen LogP contribution in [0.5, 0.6) is 5.75 Å². The van der Waals surface area contributed by atoms with Gasteiger partial charge in [-0.05, 0) is 61.6 Å². The molecule has 6 rings (SSSR count). The molecule has 10 heteroatoms. The molecule has 2 heterocycles. The number of amides is 1. The van der Waals surface area contributed by atoms with Gasteiger partial charge in [0, 0.05) is 63.3 Å². The predicted molar refractivity (Wildman–Crippen MR) is 194 cm³/mol. The number of pyridine rings is 1. The van der Waals surface area contributed by atoms with Gasteiger partial charge in [0.25, 0.3) is 16.8 Å². The second-order valence-corrected chi connectivity index (χ2v) is 13.7. The summed E-state index contributed by atoms with van der Waals surface area (Å²) in [6.07, 6.45) is 6.96. The number of likely N-dealkylation sites (N-methyl/N-ethyl adjacent to an activating group) is 1. The Bertz CT molecular complexity index is 1800. The molecule has 1 amide bonds. The quantitative estimate of drug-likeness (QED) is 0.224. The van der Waals surface area contributed by atoms with E-state index in [0.717, 1.165) is 50.0 Å². The number of methoxy groups -OCH3 is 1. The topological polar surface area (TPSA) is 113 Å². The third-order valence-electron chi connectivity index (χ3n) is 10.0. The Hall–Kier alpha value is -4.54. The van der Waals surface area contributed by atoms with Gasteiger partial charge in [0.2, 0.25) is 0 Å². The molecule has 0 bridgehead atoms. The number of aromatic nitrogens is 1. The number of fused-ring (bicyclic) bond motifs is 1. The van der Waals surface area contributed by atoms with Crippen molar-refractivity contribution in [3.63, 3.8) is 0 Å². The Morgan fingerprint density at radius 3 is 2.39 bits per heavy atom. The standard InChI is InChI=1S/C39H47N5O5/c1-25-21-44(22-27-13-15-28(16-14-27)32-12-8-9-19-40-32)26(2)24-49-33-18-17-30(20-31(33)39(47)43(3)23-34(25)48-4)42-36-35(37(45)38(36)46)41-29-10-6-5-7-11-29/h8-9,12-20,25-26,29,34,41-42H,5-7,10-11,21-24H2,1-4H3/t25-,26-,34-/m0/s1. The largest absolute Gasteiger partial charge is 0.491 e. The van der Waals surface area contributed by atoms with Crippen molar-refractivity contribution in [2.24, 2.45) is 5.92 Å². The molecule has 258 valence electrons. The van der Waals surface area contributed by atoms with Crippen LogP contribution in [0.2, 0.25) is 0 Å². The van der Waals surface area contributed by atoms with Crippen LogP contribution in [0, 0.1) is 5.92 Å². The first-order chi connectivity index (χ1) is 23.7. The van der Waals surface area contributed by atoms with E-state index in [2.05, 4.69) is 58.6 Å². The number of nitrogens with one attached hydrogen (secondary N) is 2. The van der Waals surface area contributed by atoms with Crippen molar-refractivity contribution in [2.75, 3.05) is 44.5 Å². The lowest BCUT2D eigenvalue weighted by atomic mass is 9.95. The first-order valence-corrected chi connectivity index (χ1v) is 17.4. The van der Waals surface area contributed by atoms with Gasteiger partial charge >= 0.3 is 0 Å². The number of hydrogen-bond donors (Lipinski definition) is 2. The minimum Gasteiger partial charge on any atom is -0.491 e. The van der Waals surface area contributed by atoms with E-state index >= 15 is 0 Å². The van der Waals surface area contributed by atoms with Gasteiger partial charge in [-0.3, -0.25) is 24.3 Å². The lowest BCUT2D eigenvalue weighted by molar-refractivity contribution is 0.00922. The van der Waals surface area contributed by atoms with E-state index in [4.69, 9.17) is 9.47 Å². The van der Waals surface area contributed by atoms with Crippen molar-refractivity contribution in [3.8, 4) is 17.0 Å². The molecule has 3 aromatic carbocycles. The van der Waals surface area contributed by atoms with Crippen LogP contribution in [0.25, 0.3) is 11.3 Å². The Labute approximate surface area is 288 Å². The third-order valence-corrected chi connectivity index (χ3v) is 10.0. The number of carbonyl (C=O) groups excluding carboxylic acids is 1. The van der Waals surface area contributed by atoms with Crippen LogP contribution >= 0.6 is 0 Å². The minimum atomic E-state index is -0.553. The predicted octanol–water partition coefficient (Wildman–Crippen LogP) is 5.84. The average Bonchev–Trinajstić information content (AvgIpc) is 3.14. The maximum Gasteiger partial charge on any atom is 0.257 e. The van der Waals surface area contributed by atoms with Crippen molar-refractivity contribution in [1.82, 2.24) is 14.8 Å². The van der Waals surface area contributed by atoms with E-state index in [0.29, 0.717) is 35.8 Å². The molecule has 1 aliphatic heterocycles. The molecule has 10 nitrogen and oxygen atoms in total. The van der Waals surface area contributed by atoms with Crippen molar-refractivity contribution in [1.29, 1.82) is 0 Å². The summed E-state index contributed by atoms with van der Waals surface area (Å²) in [4.78, 5) is 47.6. The molecule has 1 aliphatic carbocycles. The van der Waals surface area contributed by atoms with E-state index in [-0.39, 0.29) is 35.7 Å². The van der Waals surface area contributed by atoms with Crippen molar-refractivity contribution in [3.05, 3.63) is 98.4 Å². The van der Waals surface area contributed by atoms with E-state index in [9.17, 15) is 14.4 Å². The first kappa shape index (κ1) is 34.3. The fourth-order valence-electron chi connectivity index (χ4n) is 6.94. The lowest BCUT2D eigenvalue weighted by Crippen LogP contribution is -2.46. The van der Waals surface area contributed by atoms with Gasteiger partial charge in [-0.1, -0.05) is 56.5 Å². The third kappa shape index (κ3) is 7.86. The summed E-state index contributed by atoms with van der Waals surface area (Å²) >= 11 is 0. The maximum atomic E-state index is 13.9. The van der Waals surface area contributed by atoms with Crippen LogP contribution in [-0.4, -0.2) is 72.7 Å². The number of benzene rings is 2. The fraction of sp³-hybridized carbons (Fsp3) is 0.436. The van der Waals surface area contributed by atoms with Gasteiger partial charge in [0.05, 0.1) is 17.4 Å². The van der Waals surface area contributed by atoms with Gasteiger partial charge in [0.15, 0.2) is 0 Å². The normalized spacial score (nSPS) is 21.3. The highest BCUT2D eigenvalue weighted by atomic mass is 16.5. The number of carbonyl (C=O) groups is 1. The van der Waals surface area contributed by atoms with E-state index in [1.165, 1.54) is 12.0 Å². The molecule has 1 saturated carbocycles. The summed E-state index contributed by atoms with van der Waals surface area (Å²) in [7, 11) is 3.46. The zero-order valence-electron chi connectivity index (χ0n) is 28.9. The summed E-state index contributed by atoms with van der Waals surface area (Å²) < 4.78 is 12.3. The number of hydrogen-bond acceptors (Lipinski definition) is 9. The molecule has 2 N–H and O–H groups in total. The van der Waals surface area contributed by atoms with Crippen LogP contribution in [0.4, 0.5) is 17.1 Å². The van der Waals surface area contributed by atoms with E-state index in [1.807, 2.05) is 18.2 Å². The molecule has 3 atom stereocenters. The highest BCUT2D eigenvalue weighted by molar-refractivity contribution is 5.98. The monoisotopic (exact) mass is 665 g/mol. The van der Waals surface area contributed by atoms with Gasteiger partial charge in [-0.15, -0.1) is 0 Å².